The van der Waals surface area contributed by atoms with Crippen molar-refractivity contribution in [3.05, 3.63) is 0 Å². The van der Waals surface area contributed by atoms with Crippen LogP contribution in [0.15, 0.2) is 0 Å². The maximum atomic E-state index is 11.6. The van der Waals surface area contributed by atoms with Crippen molar-refractivity contribution in [2.45, 2.75) is 51.7 Å². The van der Waals surface area contributed by atoms with E-state index in [9.17, 15) is 9.59 Å². The largest absolute Gasteiger partial charge is 0.343 e. The summed E-state index contributed by atoms with van der Waals surface area (Å²) >= 11 is 0. The van der Waals surface area contributed by atoms with Gasteiger partial charge in [-0.15, -0.1) is 0 Å². The first-order chi connectivity index (χ1) is 7.32. The molecular formula is C11H17NO4. The van der Waals surface area contributed by atoms with Gasteiger partial charge in [0.05, 0.1) is 6.54 Å². The Morgan fingerprint density at radius 3 is 2.38 bits per heavy atom. The monoisotopic (exact) mass is 227 g/mol. The van der Waals surface area contributed by atoms with E-state index in [1.54, 1.807) is 0 Å². The summed E-state index contributed by atoms with van der Waals surface area (Å²) in [4.78, 5) is 24.5. The number of hydrogen-bond acceptors (Lipinski definition) is 4. The van der Waals surface area contributed by atoms with E-state index < -0.39 is 11.8 Å². The number of carbonyl (C=O) groups excluding carboxylic acids is 2. The van der Waals surface area contributed by atoms with E-state index in [-0.39, 0.29) is 23.9 Å². The van der Waals surface area contributed by atoms with Crippen LogP contribution in [0.4, 0.5) is 0 Å². The Balaban J connectivity index is 2.23. The highest BCUT2D eigenvalue weighted by Crippen LogP contribution is 2.36. The molecular weight excluding hydrogens is 210 g/mol. The van der Waals surface area contributed by atoms with Gasteiger partial charge in [-0.05, 0) is 20.8 Å². The van der Waals surface area contributed by atoms with Crippen molar-refractivity contribution in [2.24, 2.45) is 0 Å². The van der Waals surface area contributed by atoms with Crippen LogP contribution >= 0.6 is 0 Å². The Labute approximate surface area is 94.7 Å². The summed E-state index contributed by atoms with van der Waals surface area (Å²) in [6.45, 7) is 7.02. The van der Waals surface area contributed by atoms with Gasteiger partial charge in [0.2, 0.25) is 5.91 Å². The molecule has 90 valence electrons. The van der Waals surface area contributed by atoms with Gasteiger partial charge < -0.3 is 14.4 Å². The first kappa shape index (κ1) is 11.5. The van der Waals surface area contributed by atoms with Crippen molar-refractivity contribution in [3.8, 4) is 0 Å². The maximum absolute atomic E-state index is 11.6. The van der Waals surface area contributed by atoms with Gasteiger partial charge >= 0.3 is 0 Å². The summed E-state index contributed by atoms with van der Waals surface area (Å²) in [6, 6.07) is -0.496. The molecule has 3 atom stereocenters. The molecule has 0 spiro atoms. The first-order valence-electron chi connectivity index (χ1n) is 5.45. The smallest absolute Gasteiger partial charge is 0.220 e. The van der Waals surface area contributed by atoms with Crippen molar-refractivity contribution in [1.82, 2.24) is 4.90 Å². The van der Waals surface area contributed by atoms with Gasteiger partial charge in [-0.2, -0.15) is 0 Å². The number of amides is 1. The van der Waals surface area contributed by atoms with Gasteiger partial charge in [-0.25, -0.2) is 0 Å². The zero-order valence-corrected chi connectivity index (χ0v) is 10.0. The van der Waals surface area contributed by atoms with Gasteiger partial charge in [-0.3, -0.25) is 9.59 Å². The zero-order valence-electron chi connectivity index (χ0n) is 10.0. The molecule has 2 fully saturated rings. The molecule has 0 N–H and O–H groups in total. The molecule has 2 aliphatic heterocycles. The Morgan fingerprint density at radius 2 is 1.88 bits per heavy atom. The second-order valence-corrected chi connectivity index (χ2v) is 4.87. The van der Waals surface area contributed by atoms with Crippen LogP contribution in [0.5, 0.6) is 0 Å². The number of likely N-dealkylation sites (tertiary alicyclic amines) is 1. The molecule has 2 rings (SSSR count). The highest BCUT2D eigenvalue weighted by Gasteiger charge is 2.54. The number of rotatable bonds is 1. The highest BCUT2D eigenvalue weighted by atomic mass is 16.8. The van der Waals surface area contributed by atoms with Crippen molar-refractivity contribution < 1.29 is 19.1 Å². The number of hydrogen-bond donors (Lipinski definition) is 0. The summed E-state index contributed by atoms with van der Waals surface area (Å²) in [5.74, 6) is -0.824. The molecule has 5 heteroatoms. The minimum atomic E-state index is -0.661. The number of Topliss-reactive ketones (excluding diaryl/α,β-unsaturated/α-hetero) is 1. The highest BCUT2D eigenvalue weighted by molar-refractivity contribution is 5.88. The summed E-state index contributed by atoms with van der Waals surface area (Å²) in [7, 11) is 0. The molecule has 2 heterocycles. The molecule has 0 unspecified atom stereocenters. The second kappa shape index (κ2) is 3.53. The molecule has 0 aliphatic carbocycles. The van der Waals surface area contributed by atoms with E-state index in [1.165, 1.54) is 18.7 Å². The maximum Gasteiger partial charge on any atom is 0.220 e. The lowest BCUT2D eigenvalue weighted by Crippen LogP contribution is -2.45. The molecule has 1 amide bonds. The summed E-state index contributed by atoms with van der Waals surface area (Å²) in [5.41, 5.74) is 0. The van der Waals surface area contributed by atoms with Gasteiger partial charge in [-0.1, -0.05) is 0 Å². The Morgan fingerprint density at radius 1 is 1.25 bits per heavy atom. The van der Waals surface area contributed by atoms with Crippen molar-refractivity contribution in [3.63, 3.8) is 0 Å². The third-order valence-electron chi connectivity index (χ3n) is 3.07. The number of carbonyl (C=O) groups is 2. The lowest BCUT2D eigenvalue weighted by Gasteiger charge is -2.27. The van der Waals surface area contributed by atoms with Gasteiger partial charge in [0.15, 0.2) is 11.6 Å². The Kier molecular flexibility index (Phi) is 2.55. The quantitative estimate of drug-likeness (QED) is 0.647. The Hall–Kier alpha value is -0.940. The van der Waals surface area contributed by atoms with Crippen LogP contribution in [0.2, 0.25) is 0 Å². The second-order valence-electron chi connectivity index (χ2n) is 4.87. The fraction of sp³-hybridized carbons (Fsp3) is 0.818. The summed E-state index contributed by atoms with van der Waals surface area (Å²) in [6.07, 6.45) is -0.510. The fourth-order valence-corrected chi connectivity index (χ4v) is 2.53. The van der Waals surface area contributed by atoms with E-state index in [0.717, 1.165) is 0 Å². The molecule has 0 bridgehead atoms. The van der Waals surface area contributed by atoms with Crippen molar-refractivity contribution in [2.75, 3.05) is 6.54 Å². The predicted octanol–water partition coefficient (Wildman–Crippen LogP) is 0.326. The molecule has 16 heavy (non-hydrogen) atoms. The topological polar surface area (TPSA) is 55.8 Å². The number of nitrogens with zero attached hydrogens (tertiary/aromatic N) is 1. The molecule has 0 radical (unpaired) electrons. The van der Waals surface area contributed by atoms with Crippen LogP contribution in [0.1, 0.15) is 27.7 Å². The zero-order chi connectivity index (χ0) is 12.1. The number of ketones is 1. The average Bonchev–Trinajstić information content (AvgIpc) is 2.54. The van der Waals surface area contributed by atoms with E-state index in [4.69, 9.17) is 9.47 Å². The van der Waals surface area contributed by atoms with Gasteiger partial charge in [0.1, 0.15) is 18.2 Å². The van der Waals surface area contributed by atoms with Crippen LogP contribution in [0, 0.1) is 0 Å². The van der Waals surface area contributed by atoms with Gasteiger partial charge in [0.25, 0.3) is 0 Å². The van der Waals surface area contributed by atoms with Crippen LogP contribution in [0.25, 0.3) is 0 Å². The minimum absolute atomic E-state index is 0.0519. The van der Waals surface area contributed by atoms with Crippen molar-refractivity contribution >= 4 is 11.7 Å². The number of ether oxygens (including phenoxy) is 2. The normalized spacial score (nSPS) is 36.2. The molecule has 5 nitrogen and oxygen atoms in total. The molecule has 2 aliphatic rings. The fourth-order valence-electron chi connectivity index (χ4n) is 2.53. The summed E-state index contributed by atoms with van der Waals surface area (Å²) in [5, 5.41) is 0. The Bertz CT molecular complexity index is 339. The predicted molar refractivity (Wildman–Crippen MR) is 55.7 cm³/mol. The van der Waals surface area contributed by atoms with E-state index in [0.29, 0.717) is 6.54 Å². The lowest BCUT2D eigenvalue weighted by molar-refractivity contribution is -0.168. The van der Waals surface area contributed by atoms with E-state index >= 15 is 0 Å². The van der Waals surface area contributed by atoms with Gasteiger partial charge in [0, 0.05) is 6.92 Å². The molecule has 0 saturated carbocycles. The molecule has 0 aromatic rings. The SMILES string of the molecule is CC(=O)[C@@H]1[C@H]2OC(C)(C)O[C@H]2CN1C(C)=O. The average molecular weight is 227 g/mol. The summed E-state index contributed by atoms with van der Waals surface area (Å²) < 4.78 is 11.4. The van der Waals surface area contributed by atoms with Crippen molar-refractivity contribution in [1.29, 1.82) is 0 Å². The standard InChI is InChI=1S/C11H17NO4/c1-6(13)9-10-8(5-12(9)7(2)14)15-11(3,4)16-10/h8-10H,5H2,1-4H3/t8-,9+,10-/m0/s1. The first-order valence-corrected chi connectivity index (χ1v) is 5.45. The molecule has 2 saturated heterocycles. The third-order valence-corrected chi connectivity index (χ3v) is 3.07. The van der Waals surface area contributed by atoms with Crippen LogP contribution in [-0.4, -0.2) is 47.2 Å². The lowest BCUT2D eigenvalue weighted by atomic mass is 10.1. The minimum Gasteiger partial charge on any atom is -0.343 e. The van der Waals surface area contributed by atoms with Crippen LogP contribution in [-0.2, 0) is 19.1 Å². The van der Waals surface area contributed by atoms with E-state index in [2.05, 4.69) is 0 Å². The third kappa shape index (κ3) is 1.74. The van der Waals surface area contributed by atoms with E-state index in [1.807, 2.05) is 13.8 Å². The molecule has 0 aromatic heterocycles. The van der Waals surface area contributed by atoms with Crippen LogP contribution in [0.3, 0.4) is 0 Å². The number of fused-ring (bicyclic) bond motifs is 1. The molecule has 0 aromatic carbocycles. The van der Waals surface area contributed by atoms with Crippen LogP contribution < -0.4 is 0 Å².